The normalized spacial score (nSPS) is 17.1. The zero-order valence-corrected chi connectivity index (χ0v) is 6.85. The molecule has 4 heteroatoms. The molecule has 70 valence electrons. The molecule has 1 aromatic carbocycles. The Labute approximate surface area is 74.2 Å². The van der Waals surface area contributed by atoms with Gasteiger partial charge in [-0.05, 0) is 6.07 Å². The standard InChI is InChI=1S/C9H9F2NO/c10-7-1-6(5-3-12-4-5)9(13)2-8(7)11/h1-2,5,12-13H,3-4H2. The Morgan fingerprint density at radius 3 is 2.38 bits per heavy atom. The van der Waals surface area contributed by atoms with E-state index in [0.717, 1.165) is 12.1 Å². The quantitative estimate of drug-likeness (QED) is 0.692. The van der Waals surface area contributed by atoms with E-state index in [-0.39, 0.29) is 11.7 Å². The summed E-state index contributed by atoms with van der Waals surface area (Å²) >= 11 is 0. The maximum atomic E-state index is 12.8. The number of benzene rings is 1. The Balaban J connectivity index is 2.39. The third-order valence-corrected chi connectivity index (χ3v) is 2.29. The van der Waals surface area contributed by atoms with E-state index in [1.807, 2.05) is 0 Å². The summed E-state index contributed by atoms with van der Waals surface area (Å²) in [6.45, 7) is 1.41. The second kappa shape index (κ2) is 2.96. The highest BCUT2D eigenvalue weighted by Crippen LogP contribution is 2.30. The minimum atomic E-state index is -1.01. The molecule has 0 aliphatic carbocycles. The summed E-state index contributed by atoms with van der Waals surface area (Å²) in [5.74, 6) is -1.96. The lowest BCUT2D eigenvalue weighted by Gasteiger charge is -2.28. The van der Waals surface area contributed by atoms with E-state index in [2.05, 4.69) is 5.32 Å². The molecular weight excluding hydrogens is 176 g/mol. The van der Waals surface area contributed by atoms with E-state index < -0.39 is 11.6 Å². The van der Waals surface area contributed by atoms with Crippen LogP contribution in [0.3, 0.4) is 0 Å². The summed E-state index contributed by atoms with van der Waals surface area (Å²) in [6.07, 6.45) is 0. The zero-order valence-electron chi connectivity index (χ0n) is 6.85. The van der Waals surface area contributed by atoms with Gasteiger partial charge in [-0.2, -0.15) is 0 Å². The largest absolute Gasteiger partial charge is 0.508 e. The van der Waals surface area contributed by atoms with Gasteiger partial charge in [-0.1, -0.05) is 0 Å². The first-order valence-corrected chi connectivity index (χ1v) is 4.07. The van der Waals surface area contributed by atoms with Gasteiger partial charge in [-0.15, -0.1) is 0 Å². The van der Waals surface area contributed by atoms with Crippen molar-refractivity contribution in [3.63, 3.8) is 0 Å². The van der Waals surface area contributed by atoms with E-state index in [0.29, 0.717) is 18.7 Å². The molecule has 0 radical (unpaired) electrons. The molecule has 2 nitrogen and oxygen atoms in total. The Kier molecular flexibility index (Phi) is 1.92. The predicted octanol–water partition coefficient (Wildman–Crippen LogP) is 1.36. The molecule has 0 atom stereocenters. The fourth-order valence-electron chi connectivity index (χ4n) is 1.39. The van der Waals surface area contributed by atoms with E-state index in [1.54, 1.807) is 0 Å². The first kappa shape index (κ1) is 8.44. The molecule has 2 N–H and O–H groups in total. The molecule has 1 saturated heterocycles. The van der Waals surface area contributed by atoms with Gasteiger partial charge in [0.1, 0.15) is 5.75 Å². The highest BCUT2D eigenvalue weighted by molar-refractivity contribution is 5.37. The van der Waals surface area contributed by atoms with Gasteiger partial charge >= 0.3 is 0 Å². The first-order chi connectivity index (χ1) is 6.18. The number of phenols is 1. The summed E-state index contributed by atoms with van der Waals surface area (Å²) in [4.78, 5) is 0. The molecule has 1 aliphatic heterocycles. The summed E-state index contributed by atoms with van der Waals surface area (Å²) in [6, 6.07) is 1.89. The van der Waals surface area contributed by atoms with Crippen LogP contribution in [0, 0.1) is 11.6 Å². The van der Waals surface area contributed by atoms with Crippen molar-refractivity contribution in [2.24, 2.45) is 0 Å². The van der Waals surface area contributed by atoms with Gasteiger partial charge in [0.15, 0.2) is 11.6 Å². The van der Waals surface area contributed by atoms with Crippen LogP contribution in [-0.2, 0) is 0 Å². The summed E-state index contributed by atoms with van der Waals surface area (Å²) < 4.78 is 25.4. The second-order valence-corrected chi connectivity index (χ2v) is 3.18. The molecule has 0 unspecified atom stereocenters. The van der Waals surface area contributed by atoms with Gasteiger partial charge in [0.2, 0.25) is 0 Å². The van der Waals surface area contributed by atoms with Crippen LogP contribution in [0.5, 0.6) is 5.75 Å². The highest BCUT2D eigenvalue weighted by atomic mass is 19.2. The first-order valence-electron chi connectivity index (χ1n) is 4.07. The average Bonchev–Trinajstić information content (AvgIpc) is 1.96. The Bertz CT molecular complexity index is 337. The highest BCUT2D eigenvalue weighted by Gasteiger charge is 2.23. The van der Waals surface area contributed by atoms with Gasteiger partial charge in [-0.25, -0.2) is 8.78 Å². The van der Waals surface area contributed by atoms with E-state index in [4.69, 9.17) is 0 Å². The third kappa shape index (κ3) is 1.37. The SMILES string of the molecule is Oc1cc(F)c(F)cc1C1CNC1. The Morgan fingerprint density at radius 1 is 1.23 bits per heavy atom. The molecule has 1 heterocycles. The number of phenolic OH excluding ortho intramolecular Hbond substituents is 1. The molecule has 0 aromatic heterocycles. The van der Waals surface area contributed by atoms with Gasteiger partial charge in [0.05, 0.1) is 0 Å². The van der Waals surface area contributed by atoms with Crippen LogP contribution in [0.15, 0.2) is 12.1 Å². The summed E-state index contributed by atoms with van der Waals surface area (Å²) in [5, 5.41) is 12.3. The lowest BCUT2D eigenvalue weighted by molar-refractivity contribution is 0.403. The van der Waals surface area contributed by atoms with Crippen LogP contribution in [0.2, 0.25) is 0 Å². The van der Waals surface area contributed by atoms with Crippen LogP contribution < -0.4 is 5.32 Å². The predicted molar refractivity (Wildman–Crippen MR) is 43.6 cm³/mol. The Hall–Kier alpha value is -1.16. The monoisotopic (exact) mass is 185 g/mol. The number of rotatable bonds is 1. The number of hydrogen-bond acceptors (Lipinski definition) is 2. The summed E-state index contributed by atoms with van der Waals surface area (Å²) in [5.41, 5.74) is 0.484. The van der Waals surface area contributed by atoms with Crippen molar-refractivity contribution in [2.45, 2.75) is 5.92 Å². The van der Waals surface area contributed by atoms with Gasteiger partial charge in [0, 0.05) is 30.6 Å². The van der Waals surface area contributed by atoms with Crippen molar-refractivity contribution < 1.29 is 13.9 Å². The zero-order chi connectivity index (χ0) is 9.42. The maximum absolute atomic E-state index is 12.8. The molecule has 1 aromatic rings. The van der Waals surface area contributed by atoms with Gasteiger partial charge in [0.25, 0.3) is 0 Å². The van der Waals surface area contributed by atoms with Crippen molar-refractivity contribution in [3.05, 3.63) is 29.3 Å². The van der Waals surface area contributed by atoms with Crippen molar-refractivity contribution in [2.75, 3.05) is 13.1 Å². The number of nitrogens with one attached hydrogen (secondary N) is 1. The van der Waals surface area contributed by atoms with Gasteiger partial charge < -0.3 is 10.4 Å². The van der Waals surface area contributed by atoms with Gasteiger partial charge in [-0.3, -0.25) is 0 Å². The molecule has 13 heavy (non-hydrogen) atoms. The van der Waals surface area contributed by atoms with Crippen molar-refractivity contribution >= 4 is 0 Å². The van der Waals surface area contributed by atoms with Crippen LogP contribution in [0.1, 0.15) is 11.5 Å². The average molecular weight is 185 g/mol. The number of aromatic hydroxyl groups is 1. The molecule has 0 saturated carbocycles. The van der Waals surface area contributed by atoms with Crippen molar-refractivity contribution in [1.82, 2.24) is 5.32 Å². The maximum Gasteiger partial charge on any atom is 0.162 e. The topological polar surface area (TPSA) is 32.3 Å². The Morgan fingerprint density at radius 2 is 1.85 bits per heavy atom. The summed E-state index contributed by atoms with van der Waals surface area (Å²) in [7, 11) is 0. The van der Waals surface area contributed by atoms with E-state index in [1.165, 1.54) is 0 Å². The van der Waals surface area contributed by atoms with Crippen LogP contribution in [0.4, 0.5) is 8.78 Å². The third-order valence-electron chi connectivity index (χ3n) is 2.29. The second-order valence-electron chi connectivity index (χ2n) is 3.18. The van der Waals surface area contributed by atoms with E-state index >= 15 is 0 Å². The van der Waals surface area contributed by atoms with Crippen molar-refractivity contribution in [1.29, 1.82) is 0 Å². The minimum Gasteiger partial charge on any atom is -0.508 e. The number of halogens is 2. The van der Waals surface area contributed by atoms with Crippen LogP contribution in [0.25, 0.3) is 0 Å². The molecule has 1 fully saturated rings. The molecule has 0 amide bonds. The lowest BCUT2D eigenvalue weighted by atomic mass is 9.93. The fraction of sp³-hybridized carbons (Fsp3) is 0.333. The number of hydrogen-bond donors (Lipinski definition) is 2. The minimum absolute atomic E-state index is 0.107. The fourth-order valence-corrected chi connectivity index (χ4v) is 1.39. The molecule has 1 aliphatic rings. The van der Waals surface area contributed by atoms with Crippen LogP contribution in [-0.4, -0.2) is 18.2 Å². The smallest absolute Gasteiger partial charge is 0.162 e. The van der Waals surface area contributed by atoms with E-state index in [9.17, 15) is 13.9 Å². The molecule has 2 rings (SSSR count). The molecule has 0 spiro atoms. The lowest BCUT2D eigenvalue weighted by Crippen LogP contribution is -2.39. The van der Waals surface area contributed by atoms with Crippen molar-refractivity contribution in [3.8, 4) is 5.75 Å². The molecular formula is C9H9F2NO. The molecule has 0 bridgehead atoms. The van der Waals surface area contributed by atoms with Crippen LogP contribution >= 0.6 is 0 Å².